The van der Waals surface area contributed by atoms with Crippen molar-refractivity contribution in [3.8, 4) is 5.75 Å². The predicted molar refractivity (Wildman–Crippen MR) is 94.3 cm³/mol. The van der Waals surface area contributed by atoms with Crippen molar-refractivity contribution in [1.29, 1.82) is 0 Å². The molecule has 2 fully saturated rings. The molecule has 2 N–H and O–H groups in total. The van der Waals surface area contributed by atoms with Crippen LogP contribution in [0.3, 0.4) is 0 Å². The van der Waals surface area contributed by atoms with E-state index < -0.39 is 0 Å². The van der Waals surface area contributed by atoms with Gasteiger partial charge in [-0.15, -0.1) is 0 Å². The van der Waals surface area contributed by atoms with Gasteiger partial charge in [0.2, 0.25) is 0 Å². The Bertz CT molecular complexity index is 613. The van der Waals surface area contributed by atoms with Crippen molar-refractivity contribution in [3.05, 3.63) is 29.3 Å². The lowest BCUT2D eigenvalue weighted by atomic mass is 9.53. The van der Waals surface area contributed by atoms with Crippen molar-refractivity contribution in [2.24, 2.45) is 17.3 Å². The summed E-state index contributed by atoms with van der Waals surface area (Å²) >= 11 is 0. The average molecular weight is 330 g/mol. The van der Waals surface area contributed by atoms with Gasteiger partial charge in [0.15, 0.2) is 0 Å². The van der Waals surface area contributed by atoms with Crippen molar-refractivity contribution in [3.63, 3.8) is 0 Å². The number of hydrogen-bond acceptors (Lipinski definition) is 3. The first-order valence-electron chi connectivity index (χ1n) is 9.54. The Kier molecular flexibility index (Phi) is 4.12. The van der Waals surface area contributed by atoms with Crippen LogP contribution in [0.25, 0.3) is 0 Å². The molecular weight excluding hydrogens is 300 g/mol. The third-order valence-corrected chi connectivity index (χ3v) is 7.52. The lowest BCUT2D eigenvalue weighted by Gasteiger charge is -2.51. The summed E-state index contributed by atoms with van der Waals surface area (Å²) in [5.74, 6) is 2.75. The topological polar surface area (TPSA) is 49.7 Å². The van der Waals surface area contributed by atoms with Gasteiger partial charge in [0.25, 0.3) is 0 Å². The van der Waals surface area contributed by atoms with Crippen LogP contribution in [0.15, 0.2) is 18.2 Å². The van der Waals surface area contributed by atoms with Crippen LogP contribution in [0.2, 0.25) is 0 Å². The predicted octanol–water partition coefficient (Wildman–Crippen LogP) is 4.19. The fourth-order valence-corrected chi connectivity index (χ4v) is 6.22. The summed E-state index contributed by atoms with van der Waals surface area (Å²) in [6, 6.07) is 6.00. The quantitative estimate of drug-likeness (QED) is 0.874. The number of aliphatic hydroxyl groups is 1. The summed E-state index contributed by atoms with van der Waals surface area (Å²) in [6.07, 6.45) is 6.51. The van der Waals surface area contributed by atoms with E-state index in [2.05, 4.69) is 13.0 Å². The first-order chi connectivity index (χ1) is 11.5. The highest BCUT2D eigenvalue weighted by atomic mass is 16.5. The first kappa shape index (κ1) is 16.4. The van der Waals surface area contributed by atoms with Crippen LogP contribution in [-0.4, -0.2) is 30.0 Å². The minimum absolute atomic E-state index is 0.112. The van der Waals surface area contributed by atoms with E-state index in [0.29, 0.717) is 29.4 Å². The number of ether oxygens (including phenoxy) is 1. The number of fused-ring (bicyclic) bond motifs is 5. The molecule has 0 saturated heterocycles. The third-order valence-electron chi connectivity index (χ3n) is 7.52. The zero-order chi connectivity index (χ0) is 16.9. The fourth-order valence-electron chi connectivity index (χ4n) is 6.22. The minimum Gasteiger partial charge on any atom is -0.508 e. The van der Waals surface area contributed by atoms with E-state index >= 15 is 0 Å². The summed E-state index contributed by atoms with van der Waals surface area (Å²) in [5.41, 5.74) is 2.91. The normalized spacial score (nSPS) is 40.7. The number of phenolic OH excluding ortho intramolecular Hbond substituents is 1. The van der Waals surface area contributed by atoms with E-state index in [9.17, 15) is 10.2 Å². The molecule has 3 aliphatic rings. The molecule has 2 saturated carbocycles. The summed E-state index contributed by atoms with van der Waals surface area (Å²) in [6.45, 7) is 3.09. The van der Waals surface area contributed by atoms with E-state index in [1.54, 1.807) is 7.11 Å². The van der Waals surface area contributed by atoms with Crippen molar-refractivity contribution in [2.45, 2.75) is 63.4 Å². The highest BCUT2D eigenvalue weighted by Gasteiger charge is 2.55. The molecule has 0 unspecified atom stereocenters. The first-order valence-corrected chi connectivity index (χ1v) is 9.54. The van der Waals surface area contributed by atoms with Gasteiger partial charge in [-0.05, 0) is 90.9 Å². The van der Waals surface area contributed by atoms with E-state index in [4.69, 9.17) is 4.74 Å². The van der Waals surface area contributed by atoms with Crippen molar-refractivity contribution in [2.75, 3.05) is 13.7 Å². The summed E-state index contributed by atoms with van der Waals surface area (Å²) in [7, 11) is 1.76. The number of hydrogen-bond donors (Lipinski definition) is 2. The zero-order valence-electron chi connectivity index (χ0n) is 14.9. The summed E-state index contributed by atoms with van der Waals surface area (Å²) in [4.78, 5) is 0. The molecule has 0 heterocycles. The van der Waals surface area contributed by atoms with Crippen molar-refractivity contribution < 1.29 is 14.9 Å². The molecule has 3 aliphatic carbocycles. The van der Waals surface area contributed by atoms with Crippen LogP contribution in [0, 0.1) is 17.3 Å². The van der Waals surface area contributed by atoms with Gasteiger partial charge < -0.3 is 14.9 Å². The molecule has 0 radical (unpaired) electrons. The Balaban J connectivity index is 1.71. The second-order valence-corrected chi connectivity index (χ2v) is 8.54. The Morgan fingerprint density at radius 2 is 2.04 bits per heavy atom. The Morgan fingerprint density at radius 1 is 1.21 bits per heavy atom. The standard InChI is InChI=1S/C21H30O3/c1-21-9-7-16-15-4-3-14(22)12-17(15)13(8-10-24-2)11-18(16)19(21)5-6-20(21)23/h3-4,12-13,16,18-20,22-23H,5-11H2,1-2H3/t13-,16-,18-,19+,20+,21+/m1/s1. The molecule has 0 amide bonds. The summed E-state index contributed by atoms with van der Waals surface area (Å²) < 4.78 is 5.35. The van der Waals surface area contributed by atoms with Crippen LogP contribution < -0.4 is 0 Å². The maximum absolute atomic E-state index is 10.6. The molecule has 0 aromatic heterocycles. The molecule has 132 valence electrons. The number of aliphatic hydroxyl groups excluding tert-OH is 1. The molecular formula is C21H30O3. The van der Waals surface area contributed by atoms with Gasteiger partial charge in [0.05, 0.1) is 6.10 Å². The maximum Gasteiger partial charge on any atom is 0.115 e. The van der Waals surface area contributed by atoms with Gasteiger partial charge in [-0.2, -0.15) is 0 Å². The number of aromatic hydroxyl groups is 1. The highest BCUT2D eigenvalue weighted by Crippen LogP contribution is 2.62. The second-order valence-electron chi connectivity index (χ2n) is 8.54. The smallest absolute Gasteiger partial charge is 0.115 e. The van der Waals surface area contributed by atoms with Crippen LogP contribution >= 0.6 is 0 Å². The van der Waals surface area contributed by atoms with Gasteiger partial charge in [-0.25, -0.2) is 0 Å². The second kappa shape index (κ2) is 6.03. The number of rotatable bonds is 3. The lowest BCUT2D eigenvalue weighted by Crippen LogP contribution is -2.44. The molecule has 0 bridgehead atoms. The maximum atomic E-state index is 10.6. The van der Waals surface area contributed by atoms with Gasteiger partial charge in [-0.1, -0.05) is 13.0 Å². The molecule has 0 aliphatic heterocycles. The SMILES string of the molecule is COCC[C@@H]1C[C@@H]2[C@H](CC[C@]3(C)[C@@H](O)CC[C@@H]23)c2ccc(O)cc21. The molecule has 0 spiro atoms. The molecule has 6 atom stereocenters. The van der Waals surface area contributed by atoms with E-state index in [-0.39, 0.29) is 11.5 Å². The molecule has 3 heteroatoms. The molecule has 1 aromatic rings. The number of methoxy groups -OCH3 is 1. The number of phenols is 1. The molecule has 24 heavy (non-hydrogen) atoms. The van der Waals surface area contributed by atoms with Crippen LogP contribution in [0.5, 0.6) is 5.75 Å². The van der Waals surface area contributed by atoms with Crippen molar-refractivity contribution in [1.82, 2.24) is 0 Å². The van der Waals surface area contributed by atoms with Gasteiger partial charge in [0, 0.05) is 13.7 Å². The summed E-state index contributed by atoms with van der Waals surface area (Å²) in [5, 5.41) is 20.5. The molecule has 3 nitrogen and oxygen atoms in total. The van der Waals surface area contributed by atoms with E-state index in [0.717, 1.165) is 25.9 Å². The zero-order valence-corrected chi connectivity index (χ0v) is 14.9. The van der Waals surface area contributed by atoms with Gasteiger partial charge in [0.1, 0.15) is 5.75 Å². The molecule has 4 rings (SSSR count). The lowest BCUT2D eigenvalue weighted by molar-refractivity contribution is -0.0257. The van der Waals surface area contributed by atoms with Crippen LogP contribution in [0.4, 0.5) is 0 Å². The average Bonchev–Trinajstić information content (AvgIpc) is 2.88. The van der Waals surface area contributed by atoms with Crippen LogP contribution in [-0.2, 0) is 4.74 Å². The van der Waals surface area contributed by atoms with Crippen molar-refractivity contribution >= 4 is 0 Å². The van der Waals surface area contributed by atoms with E-state index in [1.165, 1.54) is 30.4 Å². The number of benzene rings is 1. The fraction of sp³-hybridized carbons (Fsp3) is 0.714. The van der Waals surface area contributed by atoms with Gasteiger partial charge >= 0.3 is 0 Å². The van der Waals surface area contributed by atoms with E-state index in [1.807, 2.05) is 12.1 Å². The molecule has 1 aromatic carbocycles. The highest BCUT2D eigenvalue weighted by molar-refractivity contribution is 5.42. The Labute approximate surface area is 145 Å². The van der Waals surface area contributed by atoms with Gasteiger partial charge in [-0.3, -0.25) is 0 Å². The minimum atomic E-state index is -0.123. The Morgan fingerprint density at radius 3 is 2.83 bits per heavy atom. The largest absolute Gasteiger partial charge is 0.508 e. The van der Waals surface area contributed by atoms with Crippen LogP contribution in [0.1, 0.15) is 68.4 Å². The third kappa shape index (κ3) is 2.40. The Hall–Kier alpha value is -1.06. The monoisotopic (exact) mass is 330 g/mol.